The Hall–Kier alpha value is -0.590. The maximum Gasteiger partial charge on any atom is 1.00 e. The van der Waals surface area contributed by atoms with Crippen LogP contribution in [0.1, 0.15) is 19.6 Å². The van der Waals surface area contributed by atoms with Crippen LogP contribution in [0.15, 0.2) is 17.1 Å². The number of amides is 1. The fourth-order valence-corrected chi connectivity index (χ4v) is 5.24. The fourth-order valence-electron chi connectivity index (χ4n) is 4.30. The number of carbonyl (C=O) groups is 2. The molecule has 0 aliphatic carbocycles. The van der Waals surface area contributed by atoms with E-state index in [9.17, 15) is 54.5 Å². The minimum absolute atomic E-state index is 0. The van der Waals surface area contributed by atoms with Crippen molar-refractivity contribution >= 4 is 25.5 Å². The monoisotopic (exact) mass is 658 g/mol. The quantitative estimate of drug-likeness (QED) is 0.0808. The first-order chi connectivity index (χ1) is 19.0. The Morgan fingerprint density at radius 2 is 1.93 bits per heavy atom. The molecule has 11 atom stereocenters. The van der Waals surface area contributed by atoms with Gasteiger partial charge in [-0.2, -0.15) is 4.98 Å². The SMILES string of the molecule is CC(=O)NC1C(O)CC(OP(=O)([O-])OCC2OC(n3ccc(N)nc3=O)C(O)C2O)(C(=O)[O-])OC1C(O)C(O)CO.[Na+].[Na+]. The van der Waals surface area contributed by atoms with E-state index < -0.39 is 106 Å². The molecule has 9 N–H and O–H groups in total. The maximum atomic E-state index is 12.7. The number of phosphoric ester groups is 1. The van der Waals surface area contributed by atoms with Crippen molar-refractivity contribution in [3.8, 4) is 0 Å². The second kappa shape index (κ2) is 16.3. The average molecular weight is 658 g/mol. The van der Waals surface area contributed by atoms with Crippen molar-refractivity contribution in [3.63, 3.8) is 0 Å². The van der Waals surface area contributed by atoms with E-state index in [1.165, 1.54) is 6.07 Å². The van der Waals surface area contributed by atoms with Gasteiger partial charge in [-0.05, 0) is 6.07 Å². The molecule has 1 amide bonds. The van der Waals surface area contributed by atoms with Gasteiger partial charge in [-0.15, -0.1) is 0 Å². The van der Waals surface area contributed by atoms with Gasteiger partial charge in [-0.25, -0.2) is 4.79 Å². The van der Waals surface area contributed by atoms with Gasteiger partial charge in [0.15, 0.2) is 6.23 Å². The van der Waals surface area contributed by atoms with Gasteiger partial charge < -0.3 is 70.5 Å². The number of aliphatic hydroxyl groups excluding tert-OH is 6. The number of hydrogen-bond acceptors (Lipinski definition) is 18. The first-order valence-electron chi connectivity index (χ1n) is 11.9. The van der Waals surface area contributed by atoms with Crippen LogP contribution in [-0.4, -0.2) is 120 Å². The van der Waals surface area contributed by atoms with E-state index in [0.29, 0.717) is 0 Å². The van der Waals surface area contributed by atoms with Gasteiger partial charge in [0.25, 0.3) is 7.82 Å². The number of nitrogens with one attached hydrogen (secondary N) is 1. The molecule has 1 aromatic rings. The van der Waals surface area contributed by atoms with Crippen molar-refractivity contribution < 1.29 is 132 Å². The number of phosphoric acid groups is 1. The number of anilines is 1. The van der Waals surface area contributed by atoms with E-state index in [1.54, 1.807) is 0 Å². The number of aliphatic hydroxyl groups is 6. The molecule has 0 spiro atoms. The number of nitrogen functional groups attached to an aromatic ring is 1. The third kappa shape index (κ3) is 9.47. The second-order valence-corrected chi connectivity index (χ2v) is 10.6. The van der Waals surface area contributed by atoms with Gasteiger partial charge in [0.05, 0.1) is 25.4 Å². The number of ether oxygens (including phenoxy) is 2. The summed E-state index contributed by atoms with van der Waals surface area (Å²) >= 11 is 0. The molecule has 20 nitrogen and oxygen atoms in total. The second-order valence-electron chi connectivity index (χ2n) is 9.28. The molecular weight excluding hydrogens is 629 g/mol. The Morgan fingerprint density at radius 3 is 2.47 bits per heavy atom. The zero-order valence-corrected chi connectivity index (χ0v) is 28.1. The molecule has 3 rings (SSSR count). The van der Waals surface area contributed by atoms with Crippen LogP contribution in [0.2, 0.25) is 0 Å². The molecule has 3 heterocycles. The average Bonchev–Trinajstić information content (AvgIpc) is 3.16. The molecule has 1 aromatic heterocycles. The standard InChI is InChI=1S/C20H31N4O16P.2Na/c1-7(26)22-12-8(27)4-20(18(32)33,39-16(12)13(29)9(28)5-25)40-41(35,36)37-6-10-14(30)15(31)17(38-10)24-3-2-11(21)23-19(24)34;;/h2-3,8-10,12-17,25,27-31H,4-6H2,1H3,(H,22,26)(H,32,33)(H,35,36)(H2,21,23,34);;/q;2*+1/p-2. The van der Waals surface area contributed by atoms with Crippen LogP contribution in [0.3, 0.4) is 0 Å². The van der Waals surface area contributed by atoms with E-state index in [1.807, 2.05) is 0 Å². The number of nitrogens with two attached hydrogens (primary N) is 1. The molecule has 0 aromatic carbocycles. The molecule has 2 aliphatic heterocycles. The van der Waals surface area contributed by atoms with Gasteiger partial charge in [0.1, 0.15) is 48.4 Å². The summed E-state index contributed by atoms with van der Waals surface area (Å²) in [5.74, 6) is -6.70. The van der Waals surface area contributed by atoms with Crippen LogP contribution in [-0.2, 0) is 32.7 Å². The number of hydrogen-bond donors (Lipinski definition) is 8. The minimum atomic E-state index is -5.81. The van der Waals surface area contributed by atoms with Gasteiger partial charge >= 0.3 is 64.8 Å². The predicted molar refractivity (Wildman–Crippen MR) is 123 cm³/mol. The summed E-state index contributed by atoms with van der Waals surface area (Å²) in [6.07, 6.45) is -15.1. The molecular formula is C20H29N4Na2O16P. The topological polar surface area (TPSA) is 329 Å². The van der Waals surface area contributed by atoms with E-state index in [4.69, 9.17) is 20.3 Å². The summed E-state index contributed by atoms with van der Waals surface area (Å²) in [5.41, 5.74) is 4.43. The number of rotatable bonds is 11. The zero-order chi connectivity index (χ0) is 30.9. The van der Waals surface area contributed by atoms with E-state index in [2.05, 4.69) is 19.3 Å². The number of carboxylic acid groups (broad SMARTS) is 1. The Labute approximate surface area is 286 Å². The largest absolute Gasteiger partial charge is 1.00 e. The summed E-state index contributed by atoms with van der Waals surface area (Å²) in [7, 11) is -5.81. The summed E-state index contributed by atoms with van der Waals surface area (Å²) < 4.78 is 33.1. The summed E-state index contributed by atoms with van der Waals surface area (Å²) in [4.78, 5) is 51.8. The first-order valence-corrected chi connectivity index (χ1v) is 13.3. The van der Waals surface area contributed by atoms with E-state index in [-0.39, 0.29) is 64.9 Å². The van der Waals surface area contributed by atoms with Crippen LogP contribution in [0.4, 0.5) is 5.82 Å². The van der Waals surface area contributed by atoms with Crippen LogP contribution < -0.4 is 85.9 Å². The normalized spacial score (nSPS) is 33.3. The van der Waals surface area contributed by atoms with Crippen molar-refractivity contribution in [2.45, 2.75) is 74.1 Å². The molecule has 2 saturated heterocycles. The van der Waals surface area contributed by atoms with Crippen LogP contribution in [0.25, 0.3) is 0 Å². The van der Waals surface area contributed by atoms with Gasteiger partial charge in [0.2, 0.25) is 11.7 Å². The molecule has 0 bridgehead atoms. The summed E-state index contributed by atoms with van der Waals surface area (Å²) in [6, 6.07) is -0.426. The minimum Gasteiger partial charge on any atom is -0.756 e. The number of aromatic nitrogens is 2. The summed E-state index contributed by atoms with van der Waals surface area (Å²) in [6.45, 7) is -1.18. The molecule has 0 radical (unpaired) electrons. The Bertz CT molecular complexity index is 1230. The predicted octanol–water partition coefficient (Wildman–Crippen LogP) is -13.2. The Kier molecular flexibility index (Phi) is 15.3. The number of carboxylic acids is 1. The molecule has 2 fully saturated rings. The Morgan fingerprint density at radius 1 is 1.30 bits per heavy atom. The third-order valence-electron chi connectivity index (χ3n) is 6.29. The van der Waals surface area contributed by atoms with Crippen molar-refractivity contribution in [3.05, 3.63) is 22.7 Å². The van der Waals surface area contributed by atoms with Crippen LogP contribution in [0, 0.1) is 0 Å². The van der Waals surface area contributed by atoms with Crippen molar-refractivity contribution in [2.24, 2.45) is 0 Å². The zero-order valence-electron chi connectivity index (χ0n) is 23.2. The van der Waals surface area contributed by atoms with Crippen LogP contribution in [0.5, 0.6) is 0 Å². The maximum absolute atomic E-state index is 12.7. The number of aliphatic carboxylic acids is 1. The van der Waals surface area contributed by atoms with Gasteiger partial charge in [-0.1, -0.05) is 0 Å². The third-order valence-corrected chi connectivity index (χ3v) is 7.27. The summed E-state index contributed by atoms with van der Waals surface area (Å²) in [5, 5.41) is 74.7. The molecule has 11 unspecified atom stereocenters. The number of nitrogens with zero attached hydrogens (tertiary/aromatic N) is 2. The molecule has 232 valence electrons. The number of carbonyl (C=O) groups excluding carboxylic acids is 2. The van der Waals surface area contributed by atoms with Gasteiger partial charge in [0, 0.05) is 19.5 Å². The molecule has 2 aliphatic rings. The first kappa shape index (κ1) is 40.4. The van der Waals surface area contributed by atoms with E-state index >= 15 is 0 Å². The van der Waals surface area contributed by atoms with Crippen molar-refractivity contribution in [1.82, 2.24) is 14.9 Å². The van der Waals surface area contributed by atoms with Crippen LogP contribution >= 0.6 is 7.82 Å². The fraction of sp³-hybridized carbons (Fsp3) is 0.700. The van der Waals surface area contributed by atoms with Crippen molar-refractivity contribution in [1.29, 1.82) is 0 Å². The van der Waals surface area contributed by atoms with E-state index in [0.717, 1.165) is 17.7 Å². The van der Waals surface area contributed by atoms with Gasteiger partial charge in [-0.3, -0.25) is 18.5 Å². The van der Waals surface area contributed by atoms with Crippen molar-refractivity contribution in [2.75, 3.05) is 18.9 Å². The molecule has 23 heteroatoms. The Balaban J connectivity index is 0.00000462. The molecule has 0 saturated carbocycles. The smallest absolute Gasteiger partial charge is 0.756 e. The molecule has 43 heavy (non-hydrogen) atoms.